The van der Waals surface area contributed by atoms with E-state index in [1.807, 2.05) is 0 Å². The van der Waals surface area contributed by atoms with Gasteiger partial charge in [0.15, 0.2) is 0 Å². The molecule has 24 heavy (non-hydrogen) atoms. The molecule has 1 aromatic carbocycles. The number of carbonyl (C=O) groups excluding carboxylic acids is 2. The van der Waals surface area contributed by atoms with Gasteiger partial charge in [0.05, 0.1) is 11.3 Å². The molecule has 0 N–H and O–H groups in total. The number of carbonyl (C=O) groups is 2. The Balaban J connectivity index is 1.67. The molecule has 126 valence electrons. The zero-order valence-corrected chi connectivity index (χ0v) is 13.6. The van der Waals surface area contributed by atoms with Crippen LogP contribution in [0.15, 0.2) is 28.8 Å². The van der Waals surface area contributed by atoms with Crippen molar-refractivity contribution in [2.45, 2.75) is 13.8 Å². The SMILES string of the molecule is Cc1noc(C)c1C(=O)N1CCN(C(=O)c2ccccc2F)CC1. The van der Waals surface area contributed by atoms with E-state index in [1.165, 1.54) is 12.1 Å². The Morgan fingerprint density at radius 1 is 1.04 bits per heavy atom. The first-order valence-electron chi connectivity index (χ1n) is 7.75. The highest BCUT2D eigenvalue weighted by atomic mass is 19.1. The van der Waals surface area contributed by atoms with Gasteiger partial charge in [-0.2, -0.15) is 0 Å². The Kier molecular flexibility index (Phi) is 4.33. The molecule has 0 aliphatic carbocycles. The summed E-state index contributed by atoms with van der Waals surface area (Å²) in [7, 11) is 0. The van der Waals surface area contributed by atoms with E-state index < -0.39 is 5.82 Å². The summed E-state index contributed by atoms with van der Waals surface area (Å²) < 4.78 is 18.8. The number of piperazine rings is 1. The normalized spacial score (nSPS) is 14.8. The minimum atomic E-state index is -0.531. The monoisotopic (exact) mass is 331 g/mol. The van der Waals surface area contributed by atoms with Crippen LogP contribution in [-0.4, -0.2) is 52.9 Å². The molecule has 1 aliphatic heterocycles. The zero-order chi connectivity index (χ0) is 17.3. The van der Waals surface area contributed by atoms with Crippen LogP contribution in [0.2, 0.25) is 0 Å². The standard InChI is InChI=1S/C17H18FN3O3/c1-11-15(12(2)24-19-11)17(23)21-9-7-20(8-10-21)16(22)13-5-3-4-6-14(13)18/h3-6H,7-10H2,1-2H3. The Morgan fingerprint density at radius 3 is 2.17 bits per heavy atom. The molecule has 0 radical (unpaired) electrons. The number of halogens is 1. The first kappa shape index (κ1) is 16.2. The minimum Gasteiger partial charge on any atom is -0.361 e. The van der Waals surface area contributed by atoms with Crippen LogP contribution in [0.4, 0.5) is 4.39 Å². The summed E-state index contributed by atoms with van der Waals surface area (Å²) in [6.45, 7) is 4.93. The van der Waals surface area contributed by atoms with E-state index in [-0.39, 0.29) is 17.4 Å². The molecule has 3 rings (SSSR count). The number of aromatic nitrogens is 1. The van der Waals surface area contributed by atoms with Crippen LogP contribution >= 0.6 is 0 Å². The van der Waals surface area contributed by atoms with Gasteiger partial charge < -0.3 is 14.3 Å². The molecule has 0 spiro atoms. The molecule has 0 bridgehead atoms. The number of hydrogen-bond acceptors (Lipinski definition) is 4. The van der Waals surface area contributed by atoms with Gasteiger partial charge in [-0.15, -0.1) is 0 Å². The maximum atomic E-state index is 13.7. The van der Waals surface area contributed by atoms with Crippen LogP contribution in [0.1, 0.15) is 32.2 Å². The Hall–Kier alpha value is -2.70. The van der Waals surface area contributed by atoms with Gasteiger partial charge in [0, 0.05) is 26.2 Å². The van der Waals surface area contributed by atoms with Crippen LogP contribution in [-0.2, 0) is 0 Å². The van der Waals surface area contributed by atoms with Crippen LogP contribution in [0.25, 0.3) is 0 Å². The van der Waals surface area contributed by atoms with Gasteiger partial charge in [-0.1, -0.05) is 17.3 Å². The number of amides is 2. The minimum absolute atomic E-state index is 0.0583. The van der Waals surface area contributed by atoms with Gasteiger partial charge >= 0.3 is 0 Å². The predicted octanol–water partition coefficient (Wildman–Crippen LogP) is 2.03. The third-order valence-corrected chi connectivity index (χ3v) is 4.21. The lowest BCUT2D eigenvalue weighted by Gasteiger charge is -2.34. The fourth-order valence-electron chi connectivity index (χ4n) is 2.86. The van der Waals surface area contributed by atoms with Gasteiger partial charge in [-0.05, 0) is 26.0 Å². The lowest BCUT2D eigenvalue weighted by molar-refractivity contribution is 0.0531. The molecule has 2 aromatic rings. The molecular weight excluding hydrogens is 313 g/mol. The molecular formula is C17H18FN3O3. The Labute approximate surface area is 138 Å². The fourth-order valence-corrected chi connectivity index (χ4v) is 2.86. The van der Waals surface area contributed by atoms with Crippen molar-refractivity contribution in [3.05, 3.63) is 52.7 Å². The maximum Gasteiger partial charge on any atom is 0.259 e. The first-order valence-corrected chi connectivity index (χ1v) is 7.75. The first-order chi connectivity index (χ1) is 11.5. The number of rotatable bonds is 2. The third-order valence-electron chi connectivity index (χ3n) is 4.21. The highest BCUT2D eigenvalue weighted by molar-refractivity contribution is 5.97. The van der Waals surface area contributed by atoms with Crippen LogP contribution in [0.3, 0.4) is 0 Å². The molecule has 0 atom stereocenters. The highest BCUT2D eigenvalue weighted by Gasteiger charge is 2.29. The summed E-state index contributed by atoms with van der Waals surface area (Å²) in [6.07, 6.45) is 0. The second-order valence-electron chi connectivity index (χ2n) is 5.76. The van der Waals surface area contributed by atoms with Crippen molar-refractivity contribution in [2.75, 3.05) is 26.2 Å². The molecule has 6 nitrogen and oxygen atoms in total. The molecule has 1 fully saturated rings. The maximum absolute atomic E-state index is 13.7. The number of benzene rings is 1. The summed E-state index contributed by atoms with van der Waals surface area (Å²) in [6, 6.07) is 5.92. The van der Waals surface area contributed by atoms with Crippen molar-refractivity contribution in [1.29, 1.82) is 0 Å². The second-order valence-corrected chi connectivity index (χ2v) is 5.76. The van der Waals surface area contributed by atoms with Gasteiger partial charge in [-0.25, -0.2) is 4.39 Å². The average molecular weight is 331 g/mol. The van der Waals surface area contributed by atoms with Crippen LogP contribution in [0.5, 0.6) is 0 Å². The van der Waals surface area contributed by atoms with Crippen molar-refractivity contribution in [2.24, 2.45) is 0 Å². The largest absolute Gasteiger partial charge is 0.361 e. The smallest absolute Gasteiger partial charge is 0.259 e. The van der Waals surface area contributed by atoms with Gasteiger partial charge in [0.1, 0.15) is 17.1 Å². The van der Waals surface area contributed by atoms with Gasteiger partial charge in [0.25, 0.3) is 11.8 Å². The van der Waals surface area contributed by atoms with E-state index in [9.17, 15) is 14.0 Å². The summed E-state index contributed by atoms with van der Waals surface area (Å²) >= 11 is 0. The molecule has 2 heterocycles. The highest BCUT2D eigenvalue weighted by Crippen LogP contribution is 2.17. The Morgan fingerprint density at radius 2 is 1.62 bits per heavy atom. The lowest BCUT2D eigenvalue weighted by atomic mass is 10.1. The van der Waals surface area contributed by atoms with Crippen molar-refractivity contribution < 1.29 is 18.5 Å². The van der Waals surface area contributed by atoms with Gasteiger partial charge in [-0.3, -0.25) is 9.59 Å². The van der Waals surface area contributed by atoms with Crippen LogP contribution < -0.4 is 0 Å². The fraction of sp³-hybridized carbons (Fsp3) is 0.353. The second kappa shape index (κ2) is 6.43. The number of aryl methyl sites for hydroxylation is 2. The van der Waals surface area contributed by atoms with E-state index in [1.54, 1.807) is 35.8 Å². The number of nitrogens with zero attached hydrogens (tertiary/aromatic N) is 3. The molecule has 2 amide bonds. The van der Waals surface area contributed by atoms with Crippen molar-refractivity contribution in [1.82, 2.24) is 15.0 Å². The van der Waals surface area contributed by atoms with E-state index >= 15 is 0 Å². The molecule has 1 saturated heterocycles. The van der Waals surface area contributed by atoms with Crippen molar-refractivity contribution >= 4 is 11.8 Å². The topological polar surface area (TPSA) is 66.7 Å². The predicted molar refractivity (Wildman–Crippen MR) is 84.2 cm³/mol. The average Bonchev–Trinajstić information content (AvgIpc) is 2.93. The van der Waals surface area contributed by atoms with Crippen LogP contribution in [0, 0.1) is 19.7 Å². The zero-order valence-electron chi connectivity index (χ0n) is 13.6. The molecule has 0 unspecified atom stereocenters. The molecule has 0 saturated carbocycles. The van der Waals surface area contributed by atoms with E-state index in [0.29, 0.717) is 43.2 Å². The third kappa shape index (κ3) is 2.89. The quantitative estimate of drug-likeness (QED) is 0.844. The summed E-state index contributed by atoms with van der Waals surface area (Å²) in [5, 5.41) is 3.80. The molecule has 7 heteroatoms. The summed E-state index contributed by atoms with van der Waals surface area (Å²) in [4.78, 5) is 28.2. The van der Waals surface area contributed by atoms with Gasteiger partial charge in [0.2, 0.25) is 0 Å². The van der Waals surface area contributed by atoms with E-state index in [0.717, 1.165) is 0 Å². The Bertz CT molecular complexity index is 760. The summed E-state index contributed by atoms with van der Waals surface area (Å²) in [5.74, 6) is -0.541. The summed E-state index contributed by atoms with van der Waals surface area (Å²) in [5.41, 5.74) is 1.09. The van der Waals surface area contributed by atoms with E-state index in [4.69, 9.17) is 4.52 Å². The number of hydrogen-bond donors (Lipinski definition) is 0. The van der Waals surface area contributed by atoms with E-state index in [2.05, 4.69) is 5.16 Å². The lowest BCUT2D eigenvalue weighted by Crippen LogP contribution is -2.50. The van der Waals surface area contributed by atoms with Crippen molar-refractivity contribution in [3.8, 4) is 0 Å². The molecule has 1 aromatic heterocycles. The molecule has 1 aliphatic rings. The van der Waals surface area contributed by atoms with Crippen molar-refractivity contribution in [3.63, 3.8) is 0 Å².